The summed E-state index contributed by atoms with van der Waals surface area (Å²) in [6, 6.07) is 5.18. The van der Waals surface area contributed by atoms with Gasteiger partial charge < -0.3 is 10.6 Å². The van der Waals surface area contributed by atoms with Gasteiger partial charge in [-0.2, -0.15) is 13.2 Å². The van der Waals surface area contributed by atoms with Gasteiger partial charge in [0.1, 0.15) is 0 Å². The van der Waals surface area contributed by atoms with Crippen molar-refractivity contribution in [2.45, 2.75) is 31.5 Å². The molecule has 1 aromatic rings. The van der Waals surface area contributed by atoms with Crippen LogP contribution in [0.5, 0.6) is 0 Å². The molecule has 1 heterocycles. The molecule has 2 N–H and O–H groups in total. The van der Waals surface area contributed by atoms with Gasteiger partial charge >= 0.3 is 6.18 Å². The number of Topliss-reactive ketones (excluding diaryl/α,β-unsaturated/α-hetero) is 1. The van der Waals surface area contributed by atoms with Crippen LogP contribution in [-0.2, 0) is 21.3 Å². The smallest absolute Gasteiger partial charge is 0.383 e. The number of halogens is 3. The number of nitrogens with two attached hydrogens (primary N) is 1. The topological polar surface area (TPSA) is 66.6 Å². The van der Waals surface area contributed by atoms with Gasteiger partial charge in [0.15, 0.2) is 5.78 Å². The Hall–Kier alpha value is -2.87. The molecule has 8 heteroatoms. The highest BCUT2D eigenvalue weighted by atomic mass is 19.4. The maximum absolute atomic E-state index is 13.5. The molecule has 1 aromatic carbocycles. The number of carbonyl (C=O) groups is 2. The fourth-order valence-electron chi connectivity index (χ4n) is 4.35. The van der Waals surface area contributed by atoms with Crippen molar-refractivity contribution in [2.75, 3.05) is 27.2 Å². The molecule has 1 unspecified atom stereocenters. The molecule has 2 aliphatic rings. The van der Waals surface area contributed by atoms with Crippen molar-refractivity contribution in [1.82, 2.24) is 9.80 Å². The number of likely N-dealkylation sites (tertiary alicyclic amines) is 1. The summed E-state index contributed by atoms with van der Waals surface area (Å²) in [4.78, 5) is 28.2. The Labute approximate surface area is 179 Å². The number of allylic oxidation sites excluding steroid dienone is 2. The lowest BCUT2D eigenvalue weighted by atomic mass is 9.72. The normalized spacial score (nSPS) is 24.1. The zero-order chi connectivity index (χ0) is 23.0. The van der Waals surface area contributed by atoms with E-state index in [9.17, 15) is 22.8 Å². The van der Waals surface area contributed by atoms with E-state index in [0.717, 1.165) is 17.7 Å². The highest BCUT2D eigenvalue weighted by Gasteiger charge is 2.45. The van der Waals surface area contributed by atoms with E-state index in [0.29, 0.717) is 23.3 Å². The maximum atomic E-state index is 13.5. The number of hydrogen-bond donors (Lipinski definition) is 1. The third-order valence-corrected chi connectivity index (χ3v) is 5.90. The molecule has 0 spiro atoms. The van der Waals surface area contributed by atoms with Crippen LogP contribution in [0.3, 0.4) is 0 Å². The van der Waals surface area contributed by atoms with Crippen LogP contribution in [0.1, 0.15) is 30.9 Å². The summed E-state index contributed by atoms with van der Waals surface area (Å²) >= 11 is 0. The number of benzene rings is 1. The van der Waals surface area contributed by atoms with Crippen LogP contribution in [-0.4, -0.2) is 48.7 Å². The molecule has 5 nitrogen and oxygen atoms in total. The van der Waals surface area contributed by atoms with Crippen molar-refractivity contribution in [2.24, 2.45) is 5.73 Å². The summed E-state index contributed by atoms with van der Waals surface area (Å²) in [5.41, 5.74) is 5.88. The minimum Gasteiger partial charge on any atom is -0.383 e. The van der Waals surface area contributed by atoms with E-state index >= 15 is 0 Å². The molecule has 0 aromatic heterocycles. The van der Waals surface area contributed by atoms with E-state index in [1.807, 2.05) is 25.9 Å². The SMILES string of the molecule is CC1=CC=C(C(N)=O)CC1(c1cccc(C(F)(F)F)c1)N1CCC(=O)C(=CN(C)C)C1. The fraction of sp³-hybridized carbons (Fsp3) is 0.391. The van der Waals surface area contributed by atoms with Gasteiger partial charge in [-0.15, -0.1) is 0 Å². The van der Waals surface area contributed by atoms with Crippen molar-refractivity contribution in [3.63, 3.8) is 0 Å². The summed E-state index contributed by atoms with van der Waals surface area (Å²) in [6.45, 7) is 2.45. The monoisotopic (exact) mass is 433 g/mol. The Morgan fingerprint density at radius 3 is 2.58 bits per heavy atom. The van der Waals surface area contributed by atoms with Crippen molar-refractivity contribution in [1.29, 1.82) is 0 Å². The minimum absolute atomic E-state index is 0.00671. The Bertz CT molecular complexity index is 992. The first-order valence-corrected chi connectivity index (χ1v) is 9.96. The van der Waals surface area contributed by atoms with Crippen LogP contribution in [0.4, 0.5) is 13.2 Å². The molecule has 31 heavy (non-hydrogen) atoms. The van der Waals surface area contributed by atoms with Gasteiger partial charge in [0.2, 0.25) is 5.91 Å². The van der Waals surface area contributed by atoms with Crippen LogP contribution in [0.25, 0.3) is 0 Å². The number of amides is 1. The van der Waals surface area contributed by atoms with Gasteiger partial charge in [-0.1, -0.05) is 24.3 Å². The number of ketones is 1. The standard InChI is InChI=1S/C23H26F3N3O2/c1-15-7-8-16(21(27)31)12-22(15,18-5-4-6-19(11-18)23(24,25)26)29-10-9-20(30)17(14-29)13-28(2)3/h4-8,11,13H,9-10,12,14H2,1-3H3,(H2,27,31). The van der Waals surface area contributed by atoms with Crippen LogP contribution in [0.15, 0.2) is 59.3 Å². The lowest BCUT2D eigenvalue weighted by Crippen LogP contribution is -2.53. The third kappa shape index (κ3) is 4.44. The number of rotatable bonds is 4. The highest BCUT2D eigenvalue weighted by Crippen LogP contribution is 2.46. The molecule has 1 saturated heterocycles. The van der Waals surface area contributed by atoms with Crippen molar-refractivity contribution < 1.29 is 22.8 Å². The molecular formula is C23H26F3N3O2. The molecule has 0 bridgehead atoms. The maximum Gasteiger partial charge on any atom is 0.416 e. The molecule has 1 aliphatic heterocycles. The van der Waals surface area contributed by atoms with E-state index < -0.39 is 23.2 Å². The number of primary amides is 1. The summed E-state index contributed by atoms with van der Waals surface area (Å²) in [6.07, 6.45) is 0.963. The summed E-state index contributed by atoms with van der Waals surface area (Å²) in [5.74, 6) is -0.607. The fourth-order valence-corrected chi connectivity index (χ4v) is 4.35. The zero-order valence-corrected chi connectivity index (χ0v) is 17.8. The van der Waals surface area contributed by atoms with Gasteiger partial charge in [-0.3, -0.25) is 14.5 Å². The molecule has 0 saturated carbocycles. The van der Waals surface area contributed by atoms with Gasteiger partial charge in [0.05, 0.1) is 11.1 Å². The highest BCUT2D eigenvalue weighted by molar-refractivity contribution is 5.96. The number of alkyl halides is 3. The predicted octanol–water partition coefficient (Wildman–Crippen LogP) is 3.38. The first-order valence-electron chi connectivity index (χ1n) is 9.96. The molecule has 1 fully saturated rings. The Morgan fingerprint density at radius 1 is 1.26 bits per heavy atom. The second kappa shape index (κ2) is 8.34. The minimum atomic E-state index is -4.50. The van der Waals surface area contributed by atoms with E-state index in [1.165, 1.54) is 6.07 Å². The van der Waals surface area contributed by atoms with Crippen molar-refractivity contribution in [3.05, 3.63) is 70.5 Å². The van der Waals surface area contributed by atoms with E-state index in [-0.39, 0.29) is 25.2 Å². The number of nitrogens with zero attached hydrogens (tertiary/aromatic N) is 2. The van der Waals surface area contributed by atoms with Crippen molar-refractivity contribution >= 4 is 11.7 Å². The van der Waals surface area contributed by atoms with Gasteiger partial charge in [0, 0.05) is 57.4 Å². The van der Waals surface area contributed by atoms with Crippen LogP contribution in [0, 0.1) is 0 Å². The first-order chi connectivity index (χ1) is 14.4. The van der Waals surface area contributed by atoms with E-state index in [1.54, 1.807) is 29.3 Å². The molecule has 1 amide bonds. The predicted molar refractivity (Wildman–Crippen MR) is 112 cm³/mol. The Balaban J connectivity index is 2.18. The summed E-state index contributed by atoms with van der Waals surface area (Å²) in [7, 11) is 3.61. The molecular weight excluding hydrogens is 407 g/mol. The van der Waals surface area contributed by atoms with Gasteiger partial charge in [-0.25, -0.2) is 0 Å². The lowest BCUT2D eigenvalue weighted by molar-refractivity contribution is -0.137. The largest absolute Gasteiger partial charge is 0.416 e. The van der Waals surface area contributed by atoms with Crippen molar-refractivity contribution in [3.8, 4) is 0 Å². The molecule has 0 radical (unpaired) electrons. The van der Waals surface area contributed by atoms with E-state index in [2.05, 4.69) is 0 Å². The molecule has 1 aliphatic carbocycles. The van der Waals surface area contributed by atoms with Crippen LogP contribution in [0.2, 0.25) is 0 Å². The summed E-state index contributed by atoms with van der Waals surface area (Å²) < 4.78 is 40.5. The number of carbonyl (C=O) groups excluding carboxylic acids is 2. The average molecular weight is 433 g/mol. The quantitative estimate of drug-likeness (QED) is 0.740. The third-order valence-electron chi connectivity index (χ3n) is 5.90. The zero-order valence-electron chi connectivity index (χ0n) is 17.8. The molecule has 166 valence electrons. The van der Waals surface area contributed by atoms with Gasteiger partial charge in [0.25, 0.3) is 0 Å². The lowest BCUT2D eigenvalue weighted by Gasteiger charge is -2.49. The molecule has 3 rings (SSSR count). The van der Waals surface area contributed by atoms with Crippen LogP contribution >= 0.6 is 0 Å². The van der Waals surface area contributed by atoms with Crippen LogP contribution < -0.4 is 5.73 Å². The average Bonchev–Trinajstić information content (AvgIpc) is 2.69. The second-order valence-electron chi connectivity index (χ2n) is 8.23. The molecule has 1 atom stereocenters. The Morgan fingerprint density at radius 2 is 1.97 bits per heavy atom. The second-order valence-corrected chi connectivity index (χ2v) is 8.23. The van der Waals surface area contributed by atoms with E-state index in [4.69, 9.17) is 5.73 Å². The Kier molecular flexibility index (Phi) is 6.14. The van der Waals surface area contributed by atoms with Gasteiger partial charge in [-0.05, 0) is 30.2 Å². The number of hydrogen-bond acceptors (Lipinski definition) is 4. The summed E-state index contributed by atoms with van der Waals surface area (Å²) in [5, 5.41) is 0. The first kappa shape index (κ1) is 22.8. The number of piperidine rings is 1.